The highest BCUT2D eigenvalue weighted by Crippen LogP contribution is 2.29. The van der Waals surface area contributed by atoms with E-state index in [1.807, 2.05) is 45.0 Å². The molecule has 2 aromatic rings. The van der Waals surface area contributed by atoms with Crippen molar-refractivity contribution in [2.45, 2.75) is 45.2 Å². The Morgan fingerprint density at radius 3 is 2.45 bits per heavy atom. The number of hydrogen-bond acceptors (Lipinski definition) is 5. The topological polar surface area (TPSA) is 125 Å². The Morgan fingerprint density at radius 1 is 1.03 bits per heavy atom. The van der Waals surface area contributed by atoms with Gasteiger partial charge < -0.3 is 10.6 Å². The molecule has 0 spiro atoms. The molecule has 2 heterocycles. The molecule has 3 N–H and O–H groups in total. The lowest BCUT2D eigenvalue weighted by atomic mass is 9.93. The molecule has 0 saturated carbocycles. The van der Waals surface area contributed by atoms with E-state index in [0.29, 0.717) is 5.69 Å². The molecule has 1 atom stereocenters. The number of hydrogen-bond donors (Lipinski definition) is 3. The van der Waals surface area contributed by atoms with Crippen molar-refractivity contribution in [1.29, 1.82) is 0 Å². The van der Waals surface area contributed by atoms with Crippen LogP contribution in [-0.2, 0) is 15.1 Å². The van der Waals surface area contributed by atoms with Gasteiger partial charge in [0, 0.05) is 12.1 Å². The van der Waals surface area contributed by atoms with Crippen molar-refractivity contribution in [3.8, 4) is 0 Å². The van der Waals surface area contributed by atoms with Crippen LogP contribution in [-0.4, -0.2) is 40.6 Å². The average Bonchev–Trinajstić information content (AvgIpc) is 2.98. The normalized spacial score (nSPS) is 18.2. The van der Waals surface area contributed by atoms with E-state index in [2.05, 4.69) is 16.0 Å². The average molecular weight is 448 g/mol. The van der Waals surface area contributed by atoms with E-state index in [4.69, 9.17) is 0 Å². The summed E-state index contributed by atoms with van der Waals surface area (Å²) in [5.74, 6) is -2.33. The number of rotatable bonds is 4. The van der Waals surface area contributed by atoms with Crippen molar-refractivity contribution in [3.63, 3.8) is 0 Å². The summed E-state index contributed by atoms with van der Waals surface area (Å²) in [6.45, 7) is 5.73. The van der Waals surface area contributed by atoms with Crippen LogP contribution in [0.4, 0.5) is 10.5 Å². The first kappa shape index (κ1) is 22.2. The quantitative estimate of drug-likeness (QED) is 0.620. The Bertz CT molecular complexity index is 1200. The molecule has 0 radical (unpaired) electrons. The molecule has 0 aliphatic carbocycles. The lowest BCUT2D eigenvalue weighted by Crippen LogP contribution is -2.54. The summed E-state index contributed by atoms with van der Waals surface area (Å²) in [6.07, 6.45) is 0.130. The summed E-state index contributed by atoms with van der Waals surface area (Å²) >= 11 is 0. The Kier molecular flexibility index (Phi) is 5.49. The van der Waals surface area contributed by atoms with Crippen LogP contribution in [0.2, 0.25) is 0 Å². The van der Waals surface area contributed by atoms with E-state index in [9.17, 15) is 24.0 Å². The van der Waals surface area contributed by atoms with E-state index >= 15 is 0 Å². The van der Waals surface area contributed by atoms with Crippen molar-refractivity contribution in [3.05, 3.63) is 64.7 Å². The summed E-state index contributed by atoms with van der Waals surface area (Å²) in [5.41, 5.74) is 1.94. The molecule has 9 heteroatoms. The molecule has 0 bridgehead atoms. The van der Waals surface area contributed by atoms with Gasteiger partial charge in [-0.25, -0.2) is 4.79 Å². The van der Waals surface area contributed by atoms with Crippen LogP contribution in [0.25, 0.3) is 0 Å². The van der Waals surface area contributed by atoms with Gasteiger partial charge in [0.1, 0.15) is 6.04 Å². The third-order valence-electron chi connectivity index (χ3n) is 5.86. The maximum atomic E-state index is 12.9. The molecule has 4 rings (SSSR count). The van der Waals surface area contributed by atoms with Gasteiger partial charge in [0.05, 0.1) is 16.7 Å². The highest BCUT2D eigenvalue weighted by atomic mass is 16.2. The van der Waals surface area contributed by atoms with Crippen LogP contribution in [0, 0.1) is 6.92 Å². The third-order valence-corrected chi connectivity index (χ3v) is 5.86. The molecule has 33 heavy (non-hydrogen) atoms. The number of fused-ring (bicyclic) bond motifs is 1. The Labute approximate surface area is 190 Å². The fourth-order valence-electron chi connectivity index (χ4n) is 4.10. The van der Waals surface area contributed by atoms with E-state index in [1.165, 1.54) is 18.2 Å². The van der Waals surface area contributed by atoms with Crippen molar-refractivity contribution in [2.75, 3.05) is 5.32 Å². The summed E-state index contributed by atoms with van der Waals surface area (Å²) in [4.78, 5) is 62.8. The first-order valence-electron chi connectivity index (χ1n) is 10.6. The number of carbonyl (C=O) groups excluding carboxylic acids is 5. The van der Waals surface area contributed by atoms with Crippen molar-refractivity contribution in [2.24, 2.45) is 0 Å². The smallest absolute Gasteiger partial charge is 0.319 e. The van der Waals surface area contributed by atoms with E-state index in [1.54, 1.807) is 0 Å². The molecule has 2 aliphatic rings. The second-order valence-corrected chi connectivity index (χ2v) is 8.78. The van der Waals surface area contributed by atoms with Crippen molar-refractivity contribution in [1.82, 2.24) is 15.5 Å². The zero-order valence-corrected chi connectivity index (χ0v) is 18.5. The fourth-order valence-corrected chi connectivity index (χ4v) is 4.10. The number of carbonyl (C=O) groups is 5. The van der Waals surface area contributed by atoms with E-state index in [0.717, 1.165) is 16.0 Å². The molecular weight excluding hydrogens is 424 g/mol. The number of amides is 6. The molecule has 9 nitrogen and oxygen atoms in total. The highest BCUT2D eigenvalue weighted by Gasteiger charge is 2.44. The number of anilines is 1. The van der Waals surface area contributed by atoms with Crippen LogP contribution >= 0.6 is 0 Å². The molecule has 6 amide bonds. The summed E-state index contributed by atoms with van der Waals surface area (Å²) in [6, 6.07) is 10.7. The minimum Gasteiger partial charge on any atom is -0.329 e. The molecule has 170 valence electrons. The maximum Gasteiger partial charge on any atom is 0.319 e. The van der Waals surface area contributed by atoms with Crippen LogP contribution in [0.5, 0.6) is 0 Å². The minimum atomic E-state index is -1.04. The number of urea groups is 1. The Hall–Kier alpha value is -4.01. The van der Waals surface area contributed by atoms with Crippen LogP contribution in [0.15, 0.2) is 42.5 Å². The zero-order valence-electron chi connectivity index (χ0n) is 18.5. The molecule has 0 aromatic heterocycles. The van der Waals surface area contributed by atoms with Crippen LogP contribution in [0.1, 0.15) is 58.5 Å². The third kappa shape index (κ3) is 4.21. The van der Waals surface area contributed by atoms with Gasteiger partial charge >= 0.3 is 6.03 Å². The number of nitrogens with zero attached hydrogens (tertiary/aromatic N) is 1. The molecule has 1 saturated heterocycles. The lowest BCUT2D eigenvalue weighted by Gasteiger charge is -2.27. The number of aryl methyl sites for hydroxylation is 1. The van der Waals surface area contributed by atoms with Gasteiger partial charge in [-0.05, 0) is 51.0 Å². The van der Waals surface area contributed by atoms with Gasteiger partial charge in [-0.2, -0.15) is 0 Å². The molecule has 2 aliphatic heterocycles. The fraction of sp³-hybridized carbons (Fsp3) is 0.292. The standard InChI is InChI=1S/C24H24N4O5/c1-13-5-4-6-14(11-13)24(2,3)27-23(33)25-15-7-8-16-17(12-15)22(32)28(21(16)31)18-9-10-19(29)26-20(18)30/h4-8,11-12,18H,9-10H2,1-3H3,(H2,25,27,33)(H,26,29,30). The predicted octanol–water partition coefficient (Wildman–Crippen LogP) is 2.45. The Morgan fingerprint density at radius 2 is 1.76 bits per heavy atom. The number of piperidine rings is 1. The summed E-state index contributed by atoms with van der Waals surface area (Å²) < 4.78 is 0. The zero-order chi connectivity index (χ0) is 23.9. The first-order chi connectivity index (χ1) is 15.6. The van der Waals surface area contributed by atoms with Gasteiger partial charge in [0.25, 0.3) is 11.8 Å². The Balaban J connectivity index is 1.49. The molecule has 2 aromatic carbocycles. The van der Waals surface area contributed by atoms with Gasteiger partial charge in [-0.3, -0.25) is 29.4 Å². The van der Waals surface area contributed by atoms with Gasteiger partial charge in [0.15, 0.2) is 0 Å². The first-order valence-corrected chi connectivity index (χ1v) is 10.6. The molecule has 1 unspecified atom stereocenters. The number of imide groups is 2. The van der Waals surface area contributed by atoms with Gasteiger partial charge in [0.2, 0.25) is 11.8 Å². The maximum absolute atomic E-state index is 12.9. The number of nitrogens with one attached hydrogen (secondary N) is 3. The largest absolute Gasteiger partial charge is 0.329 e. The van der Waals surface area contributed by atoms with Crippen molar-refractivity contribution >= 4 is 35.3 Å². The van der Waals surface area contributed by atoms with Crippen LogP contribution in [0.3, 0.4) is 0 Å². The van der Waals surface area contributed by atoms with Gasteiger partial charge in [-0.15, -0.1) is 0 Å². The minimum absolute atomic E-state index is 0.0491. The molecular formula is C24H24N4O5. The summed E-state index contributed by atoms with van der Waals surface area (Å²) in [7, 11) is 0. The second kappa shape index (κ2) is 8.16. The van der Waals surface area contributed by atoms with Crippen LogP contribution < -0.4 is 16.0 Å². The van der Waals surface area contributed by atoms with E-state index < -0.39 is 41.2 Å². The SMILES string of the molecule is Cc1cccc(C(C)(C)NC(=O)Nc2ccc3c(c2)C(=O)N(C2CCC(=O)NC2=O)C3=O)c1. The predicted molar refractivity (Wildman–Crippen MR) is 119 cm³/mol. The van der Waals surface area contributed by atoms with E-state index in [-0.39, 0.29) is 24.0 Å². The number of benzene rings is 2. The van der Waals surface area contributed by atoms with Gasteiger partial charge in [-0.1, -0.05) is 29.8 Å². The summed E-state index contributed by atoms with van der Waals surface area (Å²) in [5, 5.41) is 7.77. The monoisotopic (exact) mass is 448 g/mol. The van der Waals surface area contributed by atoms with Crippen molar-refractivity contribution < 1.29 is 24.0 Å². The second-order valence-electron chi connectivity index (χ2n) is 8.78. The highest BCUT2D eigenvalue weighted by molar-refractivity contribution is 6.23. The molecule has 1 fully saturated rings. The lowest BCUT2D eigenvalue weighted by molar-refractivity contribution is -0.136.